The van der Waals surface area contributed by atoms with Gasteiger partial charge in [-0.05, 0) is 24.3 Å². The van der Waals surface area contributed by atoms with Crippen LogP contribution >= 0.6 is 35.7 Å². The van der Waals surface area contributed by atoms with Gasteiger partial charge in [0.2, 0.25) is 0 Å². The SMILES string of the molecule is I.O=S(=O)(O)C(F)(F)F.O=S(=O)(O)C(F)(F)F.c1ccc(Sc2ccccc2)cc1. The van der Waals surface area contributed by atoms with Crippen molar-refractivity contribution in [2.45, 2.75) is 20.8 Å². The lowest BCUT2D eigenvalue weighted by molar-refractivity contribution is -0.0514. The molecule has 16 heteroatoms. The predicted molar refractivity (Wildman–Crippen MR) is 108 cm³/mol. The molecule has 30 heavy (non-hydrogen) atoms. The van der Waals surface area contributed by atoms with E-state index in [0.717, 1.165) is 0 Å². The predicted octanol–water partition coefficient (Wildman–Crippen LogP) is 5.24. The van der Waals surface area contributed by atoms with E-state index in [4.69, 9.17) is 25.9 Å². The number of hydrogen-bond acceptors (Lipinski definition) is 5. The summed E-state index contributed by atoms with van der Waals surface area (Å²) in [5.41, 5.74) is -11.1. The molecule has 0 bridgehead atoms. The van der Waals surface area contributed by atoms with Gasteiger partial charge in [-0.3, -0.25) is 9.11 Å². The van der Waals surface area contributed by atoms with Gasteiger partial charge in [0.05, 0.1) is 0 Å². The number of rotatable bonds is 2. The summed E-state index contributed by atoms with van der Waals surface area (Å²) in [6.07, 6.45) is 0. The van der Waals surface area contributed by atoms with Crippen molar-refractivity contribution in [3.8, 4) is 0 Å². The van der Waals surface area contributed by atoms with Gasteiger partial charge in [-0.2, -0.15) is 43.2 Å². The minimum absolute atomic E-state index is 0. The van der Waals surface area contributed by atoms with E-state index in [2.05, 4.69) is 48.5 Å². The maximum atomic E-state index is 10.7. The van der Waals surface area contributed by atoms with Crippen LogP contribution in [0.4, 0.5) is 26.3 Å². The highest BCUT2D eigenvalue weighted by Crippen LogP contribution is 2.26. The van der Waals surface area contributed by atoms with Crippen LogP contribution in [0.15, 0.2) is 70.5 Å². The van der Waals surface area contributed by atoms with Crippen LogP contribution in [0.25, 0.3) is 0 Å². The van der Waals surface area contributed by atoms with E-state index in [9.17, 15) is 26.3 Å². The van der Waals surface area contributed by atoms with Gasteiger partial charge in [-0.15, -0.1) is 24.0 Å². The summed E-state index contributed by atoms with van der Waals surface area (Å²) in [5.74, 6) is 0. The summed E-state index contributed by atoms with van der Waals surface area (Å²) in [6.45, 7) is 0. The van der Waals surface area contributed by atoms with Gasteiger partial charge in [0.1, 0.15) is 0 Å². The Labute approximate surface area is 189 Å². The summed E-state index contributed by atoms with van der Waals surface area (Å²) in [5, 5.41) is 0. The molecule has 0 fully saturated rings. The molecule has 0 saturated carbocycles. The molecule has 0 aliphatic carbocycles. The average Bonchev–Trinajstić information content (AvgIpc) is 2.54. The Kier molecular flexibility index (Phi) is 13.2. The van der Waals surface area contributed by atoms with Crippen LogP contribution in [0.2, 0.25) is 0 Å². The number of hydrogen-bond donors (Lipinski definition) is 2. The van der Waals surface area contributed by atoms with Gasteiger partial charge in [-0.1, -0.05) is 48.2 Å². The van der Waals surface area contributed by atoms with Crippen LogP contribution in [-0.4, -0.2) is 37.0 Å². The zero-order valence-corrected chi connectivity index (χ0v) is 19.0. The van der Waals surface area contributed by atoms with E-state index < -0.39 is 31.3 Å². The van der Waals surface area contributed by atoms with Crippen LogP contribution in [0.1, 0.15) is 0 Å². The first-order valence-corrected chi connectivity index (χ1v) is 10.5. The molecule has 0 spiro atoms. The third kappa shape index (κ3) is 13.3. The van der Waals surface area contributed by atoms with Crippen molar-refractivity contribution < 1.29 is 52.3 Å². The van der Waals surface area contributed by atoms with Gasteiger partial charge in [0.25, 0.3) is 0 Å². The Hall–Kier alpha value is -1.08. The molecule has 2 aromatic rings. The lowest BCUT2D eigenvalue weighted by atomic mass is 10.4. The monoisotopic (exact) mass is 614 g/mol. The minimum atomic E-state index is -5.84. The molecule has 0 radical (unpaired) electrons. The normalized spacial score (nSPS) is 11.7. The van der Waals surface area contributed by atoms with Crippen molar-refractivity contribution in [1.29, 1.82) is 0 Å². The first-order chi connectivity index (χ1) is 12.9. The highest BCUT2D eigenvalue weighted by molar-refractivity contribution is 14.0. The van der Waals surface area contributed by atoms with Crippen LogP contribution in [0, 0.1) is 0 Å². The molecular weight excluding hydrogens is 601 g/mol. The topological polar surface area (TPSA) is 109 Å². The molecule has 0 heterocycles. The quantitative estimate of drug-likeness (QED) is 0.206. The van der Waals surface area contributed by atoms with Crippen molar-refractivity contribution in [2.24, 2.45) is 0 Å². The summed E-state index contributed by atoms with van der Waals surface area (Å²) < 4.78 is 115. The standard InChI is InChI=1S/C12H10S.2CHF3O3S.HI/c1-3-7-11(8-4-1)13-12-9-5-2-6-10-12;2*2-1(3,4)8(5,6)7;/h1-10H;2*(H,5,6,7);1H. The van der Waals surface area contributed by atoms with E-state index in [1.54, 1.807) is 11.8 Å². The Morgan fingerprint density at radius 3 is 0.967 bits per heavy atom. The van der Waals surface area contributed by atoms with Gasteiger partial charge < -0.3 is 0 Å². The molecular formula is C14H13F6IO6S3. The summed E-state index contributed by atoms with van der Waals surface area (Å²) in [6, 6.07) is 20.8. The Morgan fingerprint density at radius 2 is 0.800 bits per heavy atom. The van der Waals surface area contributed by atoms with Crippen molar-refractivity contribution in [2.75, 3.05) is 0 Å². The largest absolute Gasteiger partial charge is 0.522 e. The lowest BCUT2D eigenvalue weighted by Crippen LogP contribution is -2.21. The van der Waals surface area contributed by atoms with E-state index in [1.165, 1.54) is 9.79 Å². The van der Waals surface area contributed by atoms with Crippen molar-refractivity contribution in [1.82, 2.24) is 0 Å². The lowest BCUT2D eigenvalue weighted by Gasteiger charge is -1.99. The second-order valence-corrected chi connectivity index (χ2v) is 8.54. The molecule has 0 amide bonds. The second-order valence-electron chi connectivity index (χ2n) is 4.57. The smallest absolute Gasteiger partial charge is 0.279 e. The zero-order chi connectivity index (χ0) is 22.9. The van der Waals surface area contributed by atoms with E-state index >= 15 is 0 Å². The number of alkyl halides is 6. The Bertz CT molecular complexity index is 870. The molecule has 0 saturated heterocycles. The molecule has 2 N–H and O–H groups in total. The first kappa shape index (κ1) is 31.1. The summed E-state index contributed by atoms with van der Waals surface area (Å²) >= 11 is 1.79. The van der Waals surface area contributed by atoms with E-state index in [-0.39, 0.29) is 24.0 Å². The fraction of sp³-hybridized carbons (Fsp3) is 0.143. The fourth-order valence-electron chi connectivity index (χ4n) is 1.11. The molecule has 0 unspecified atom stereocenters. The third-order valence-corrected chi connectivity index (χ3v) is 4.49. The van der Waals surface area contributed by atoms with Gasteiger partial charge in [0, 0.05) is 9.79 Å². The van der Waals surface area contributed by atoms with Gasteiger partial charge >= 0.3 is 31.3 Å². The van der Waals surface area contributed by atoms with E-state index in [0.29, 0.717) is 0 Å². The maximum absolute atomic E-state index is 10.7. The summed E-state index contributed by atoms with van der Waals surface area (Å²) in [4.78, 5) is 2.57. The molecule has 2 aromatic carbocycles. The highest BCUT2D eigenvalue weighted by atomic mass is 127. The zero-order valence-electron chi connectivity index (χ0n) is 14.2. The highest BCUT2D eigenvalue weighted by Gasteiger charge is 2.45. The second kappa shape index (κ2) is 12.7. The molecule has 2 rings (SSSR count). The van der Waals surface area contributed by atoms with Crippen LogP contribution in [0.3, 0.4) is 0 Å². The van der Waals surface area contributed by atoms with Crippen molar-refractivity contribution >= 4 is 56.0 Å². The Balaban J connectivity index is 0. The number of halogens is 7. The number of benzene rings is 2. The van der Waals surface area contributed by atoms with Crippen LogP contribution in [-0.2, 0) is 20.2 Å². The molecule has 0 atom stereocenters. The Morgan fingerprint density at radius 1 is 0.600 bits per heavy atom. The molecule has 0 aromatic heterocycles. The first-order valence-electron chi connectivity index (χ1n) is 6.80. The maximum Gasteiger partial charge on any atom is 0.522 e. The van der Waals surface area contributed by atoms with Gasteiger partial charge in [-0.25, -0.2) is 0 Å². The molecule has 0 aliphatic heterocycles. The minimum Gasteiger partial charge on any atom is -0.279 e. The summed E-state index contributed by atoms with van der Waals surface area (Å²) in [7, 11) is -11.7. The fourth-order valence-corrected chi connectivity index (χ4v) is 1.97. The van der Waals surface area contributed by atoms with Crippen LogP contribution in [0.5, 0.6) is 0 Å². The molecule has 6 nitrogen and oxygen atoms in total. The van der Waals surface area contributed by atoms with Crippen LogP contribution < -0.4 is 0 Å². The van der Waals surface area contributed by atoms with Crippen molar-refractivity contribution in [3.05, 3.63) is 60.7 Å². The van der Waals surface area contributed by atoms with Crippen molar-refractivity contribution in [3.63, 3.8) is 0 Å². The van der Waals surface area contributed by atoms with Gasteiger partial charge in [0.15, 0.2) is 0 Å². The van der Waals surface area contributed by atoms with E-state index in [1.807, 2.05) is 12.1 Å². The third-order valence-electron chi connectivity index (χ3n) is 2.31. The molecule has 0 aliphatic rings. The molecule has 172 valence electrons. The average molecular weight is 614 g/mol.